The summed E-state index contributed by atoms with van der Waals surface area (Å²) in [6.07, 6.45) is 3.03. The number of benzene rings is 1. The molecule has 1 aliphatic rings. The van der Waals surface area contributed by atoms with Crippen molar-refractivity contribution in [2.75, 3.05) is 10.7 Å². The summed E-state index contributed by atoms with van der Waals surface area (Å²) in [5.74, 6) is 6.19. The summed E-state index contributed by atoms with van der Waals surface area (Å²) in [5, 5.41) is 3.92. The van der Waals surface area contributed by atoms with Gasteiger partial charge >= 0.3 is 0 Å². The first-order valence-electron chi connectivity index (χ1n) is 5.35. The molecular weight excluding hydrogens is 321 g/mol. The number of rotatable bonds is 3. The molecule has 0 amide bonds. The number of hydrogen-bond donors (Lipinski definition) is 3. The van der Waals surface area contributed by atoms with Gasteiger partial charge in [-0.2, -0.15) is 8.73 Å². The average Bonchev–Trinajstić information content (AvgIpc) is 2.93. The quantitative estimate of drug-likeness (QED) is 0.504. The first kappa shape index (κ1) is 13.3. The van der Waals surface area contributed by atoms with Crippen LogP contribution in [0.2, 0.25) is 10.0 Å². The molecule has 2 aromatic rings. The summed E-state index contributed by atoms with van der Waals surface area (Å²) in [6.45, 7) is 0. The number of nitrogens with zero attached hydrogens (tertiary/aromatic N) is 4. The van der Waals surface area contributed by atoms with Crippen molar-refractivity contribution >= 4 is 63.3 Å². The minimum Gasteiger partial charge on any atom is -0.336 e. The van der Waals surface area contributed by atoms with Crippen LogP contribution in [0.1, 0.15) is 0 Å². The Morgan fingerprint density at radius 1 is 1.05 bits per heavy atom. The fourth-order valence-electron chi connectivity index (χ4n) is 1.62. The van der Waals surface area contributed by atoms with Crippen molar-refractivity contribution in [3.63, 3.8) is 0 Å². The molecule has 0 unspecified atom stereocenters. The molecule has 4 N–H and O–H groups in total. The van der Waals surface area contributed by atoms with E-state index in [4.69, 9.17) is 29.0 Å². The highest BCUT2D eigenvalue weighted by Gasteiger charge is 2.19. The molecule has 0 saturated heterocycles. The SMILES string of the molecule is NNc1cncc(Nc2c(Cl)cc(Cl)c3c2N=S=N3)n1. The van der Waals surface area contributed by atoms with Gasteiger partial charge in [0.15, 0.2) is 11.6 Å². The van der Waals surface area contributed by atoms with Gasteiger partial charge in [0.05, 0.1) is 39.5 Å². The highest BCUT2D eigenvalue weighted by Crippen LogP contribution is 2.48. The highest BCUT2D eigenvalue weighted by molar-refractivity contribution is 7.58. The first-order chi connectivity index (χ1) is 9.69. The van der Waals surface area contributed by atoms with Gasteiger partial charge < -0.3 is 10.7 Å². The number of hydrogen-bond acceptors (Lipinski definition) is 7. The average molecular weight is 328 g/mol. The second-order valence-corrected chi connectivity index (χ2v) is 5.08. The summed E-state index contributed by atoms with van der Waals surface area (Å²) in [4.78, 5) is 8.19. The molecule has 102 valence electrons. The molecule has 3 rings (SSSR count). The molecule has 1 aromatic heterocycles. The number of hydrazine groups is 1. The largest absolute Gasteiger partial charge is 0.336 e. The van der Waals surface area contributed by atoms with Gasteiger partial charge in [0.2, 0.25) is 0 Å². The van der Waals surface area contributed by atoms with Gasteiger partial charge in [0.25, 0.3) is 0 Å². The molecule has 20 heavy (non-hydrogen) atoms. The Labute approximate surface area is 127 Å². The molecule has 0 spiro atoms. The number of nitrogen functional groups attached to an aromatic ring is 1. The Morgan fingerprint density at radius 2 is 1.80 bits per heavy atom. The van der Waals surface area contributed by atoms with Crippen molar-refractivity contribution in [3.05, 3.63) is 28.5 Å². The molecule has 0 saturated carbocycles. The Bertz CT molecular complexity index is 758. The number of fused-ring (bicyclic) bond motifs is 1. The minimum absolute atomic E-state index is 0.420. The van der Waals surface area contributed by atoms with E-state index < -0.39 is 0 Å². The maximum Gasteiger partial charge on any atom is 0.160 e. The van der Waals surface area contributed by atoms with E-state index in [1.165, 1.54) is 12.4 Å². The van der Waals surface area contributed by atoms with Crippen molar-refractivity contribution < 1.29 is 0 Å². The van der Waals surface area contributed by atoms with Crippen LogP contribution in [0.5, 0.6) is 0 Å². The Morgan fingerprint density at radius 3 is 2.60 bits per heavy atom. The zero-order valence-corrected chi connectivity index (χ0v) is 12.1. The minimum atomic E-state index is 0.420. The summed E-state index contributed by atoms with van der Waals surface area (Å²) in [5.41, 5.74) is 4.16. The van der Waals surface area contributed by atoms with E-state index in [2.05, 4.69) is 29.4 Å². The second-order valence-electron chi connectivity index (χ2n) is 3.74. The lowest BCUT2D eigenvalue weighted by Crippen LogP contribution is -2.09. The van der Waals surface area contributed by atoms with Crippen molar-refractivity contribution in [2.24, 2.45) is 14.6 Å². The molecule has 1 aromatic carbocycles. The van der Waals surface area contributed by atoms with E-state index in [-0.39, 0.29) is 0 Å². The van der Waals surface area contributed by atoms with Gasteiger partial charge in [0, 0.05) is 0 Å². The first-order valence-corrected chi connectivity index (χ1v) is 6.83. The Kier molecular flexibility index (Phi) is 3.53. The van der Waals surface area contributed by atoms with Crippen LogP contribution in [-0.2, 0) is 11.4 Å². The molecule has 0 aliphatic carbocycles. The van der Waals surface area contributed by atoms with Crippen LogP contribution in [-0.4, -0.2) is 9.97 Å². The lowest BCUT2D eigenvalue weighted by atomic mass is 10.2. The fourth-order valence-corrected chi connectivity index (χ4v) is 2.78. The third-order valence-electron chi connectivity index (χ3n) is 2.48. The van der Waals surface area contributed by atoms with Gasteiger partial charge in [-0.3, -0.25) is 4.98 Å². The predicted octanol–water partition coefficient (Wildman–Crippen LogP) is 3.54. The van der Waals surface area contributed by atoms with Crippen LogP contribution in [0.15, 0.2) is 27.2 Å². The van der Waals surface area contributed by atoms with Crippen molar-refractivity contribution in [1.29, 1.82) is 0 Å². The Balaban J connectivity index is 2.03. The summed E-state index contributed by atoms with van der Waals surface area (Å²) in [7, 11) is 0. The summed E-state index contributed by atoms with van der Waals surface area (Å²) >= 11 is 13.3. The fraction of sp³-hybridized carbons (Fsp3) is 0. The van der Waals surface area contributed by atoms with Gasteiger partial charge in [0.1, 0.15) is 11.4 Å². The van der Waals surface area contributed by atoms with Crippen LogP contribution in [0.3, 0.4) is 0 Å². The van der Waals surface area contributed by atoms with Gasteiger partial charge in [-0.15, -0.1) is 0 Å². The lowest BCUT2D eigenvalue weighted by molar-refractivity contribution is 1.16. The van der Waals surface area contributed by atoms with Crippen LogP contribution >= 0.6 is 23.2 Å². The highest BCUT2D eigenvalue weighted by atomic mass is 35.5. The maximum atomic E-state index is 6.19. The van der Waals surface area contributed by atoms with E-state index in [9.17, 15) is 0 Å². The number of halogens is 2. The second kappa shape index (κ2) is 5.33. The van der Waals surface area contributed by atoms with Crippen molar-refractivity contribution in [2.45, 2.75) is 0 Å². The number of nitrogens with one attached hydrogen (secondary N) is 2. The molecule has 0 radical (unpaired) electrons. The topological polar surface area (TPSA) is 101 Å². The normalized spacial score (nSPS) is 11.9. The van der Waals surface area contributed by atoms with Crippen molar-refractivity contribution in [3.8, 4) is 0 Å². The van der Waals surface area contributed by atoms with E-state index in [1.54, 1.807) is 6.07 Å². The summed E-state index contributed by atoms with van der Waals surface area (Å²) < 4.78 is 8.32. The van der Waals surface area contributed by atoms with E-state index in [0.717, 1.165) is 11.4 Å². The molecule has 0 atom stereocenters. The molecule has 10 heteroatoms. The lowest BCUT2D eigenvalue weighted by Gasteiger charge is -2.11. The smallest absolute Gasteiger partial charge is 0.160 e. The van der Waals surface area contributed by atoms with Gasteiger partial charge in [-0.25, -0.2) is 10.8 Å². The number of anilines is 3. The van der Waals surface area contributed by atoms with Crippen LogP contribution in [0.25, 0.3) is 0 Å². The predicted molar refractivity (Wildman–Crippen MR) is 81.1 cm³/mol. The molecule has 7 nitrogen and oxygen atoms in total. The Hall–Kier alpha value is -1.74. The molecule has 2 heterocycles. The van der Waals surface area contributed by atoms with E-state index in [0.29, 0.717) is 38.7 Å². The van der Waals surface area contributed by atoms with Gasteiger partial charge in [-0.05, 0) is 6.07 Å². The molecule has 1 aliphatic heterocycles. The molecule has 0 bridgehead atoms. The van der Waals surface area contributed by atoms with Crippen LogP contribution in [0.4, 0.5) is 28.7 Å². The monoisotopic (exact) mass is 327 g/mol. The number of nitrogens with two attached hydrogens (primary N) is 1. The third kappa shape index (κ3) is 2.34. The third-order valence-corrected chi connectivity index (χ3v) is 3.59. The van der Waals surface area contributed by atoms with Crippen LogP contribution < -0.4 is 16.6 Å². The van der Waals surface area contributed by atoms with Gasteiger partial charge in [-0.1, -0.05) is 23.2 Å². The van der Waals surface area contributed by atoms with Crippen molar-refractivity contribution in [1.82, 2.24) is 9.97 Å². The van der Waals surface area contributed by atoms with E-state index >= 15 is 0 Å². The number of aromatic nitrogens is 2. The standard InChI is InChI=1S/C10H7Cl2N7S/c11-4-1-5(12)9-10(19-20-18-9)8(4)16-6-2-14-3-7(15-6)17-13/h1-3H,13H2,(H2,15,16,17). The summed E-state index contributed by atoms with van der Waals surface area (Å²) in [6, 6.07) is 1.60. The van der Waals surface area contributed by atoms with Crippen LogP contribution in [0, 0.1) is 0 Å². The molecule has 0 fully saturated rings. The van der Waals surface area contributed by atoms with E-state index in [1.807, 2.05) is 0 Å². The zero-order valence-electron chi connectivity index (χ0n) is 9.76. The zero-order chi connectivity index (χ0) is 14.1. The maximum absolute atomic E-state index is 6.19. The molecular formula is C10H7Cl2N7S.